The van der Waals surface area contributed by atoms with Gasteiger partial charge in [-0.3, -0.25) is 0 Å². The molecule has 0 aromatic rings. The highest BCUT2D eigenvalue weighted by Gasteiger charge is 2.04. The summed E-state index contributed by atoms with van der Waals surface area (Å²) in [6, 6.07) is 0. The Morgan fingerprint density at radius 1 is 1.75 bits per heavy atom. The maximum absolute atomic E-state index is 2.34. The van der Waals surface area contributed by atoms with Crippen LogP contribution in [0.1, 0.15) is 20.3 Å². The van der Waals surface area contributed by atoms with Gasteiger partial charge in [0.1, 0.15) is 0 Å². The average Bonchev–Trinajstić information content (AvgIpc) is 2.14. The van der Waals surface area contributed by atoms with E-state index in [4.69, 9.17) is 0 Å². The van der Waals surface area contributed by atoms with E-state index in [2.05, 4.69) is 24.9 Å². The van der Waals surface area contributed by atoms with E-state index in [9.17, 15) is 0 Å². The summed E-state index contributed by atoms with van der Waals surface area (Å²) in [5, 5.41) is 0. The Bertz CT molecular complexity index is 105. The van der Waals surface area contributed by atoms with Crippen molar-refractivity contribution in [2.45, 2.75) is 20.3 Å². The molecule has 0 saturated heterocycles. The minimum absolute atomic E-state index is 1.16. The molecular weight excluding hydrogens is 98.1 g/mol. The van der Waals surface area contributed by atoms with Crippen LogP contribution < -0.4 is 0 Å². The molecule has 0 aromatic heterocycles. The molecule has 1 heterocycles. The smallest absolute Gasteiger partial charge is 0.0210 e. The summed E-state index contributed by atoms with van der Waals surface area (Å²) in [6.45, 7) is 6.78. The molecule has 1 nitrogen and oxygen atoms in total. The van der Waals surface area contributed by atoms with E-state index in [1.54, 1.807) is 0 Å². The zero-order valence-electron chi connectivity index (χ0n) is 5.65. The standard InChI is InChI=1S/C7H13N/c1-3-8-5-4-7(2)6-8/h6H,3-5H2,1-2H3. The Balaban J connectivity index is 2.41. The van der Waals surface area contributed by atoms with Gasteiger partial charge in [-0.15, -0.1) is 0 Å². The zero-order chi connectivity index (χ0) is 5.98. The van der Waals surface area contributed by atoms with E-state index in [0.717, 1.165) is 6.54 Å². The van der Waals surface area contributed by atoms with Crippen LogP contribution >= 0.6 is 0 Å². The van der Waals surface area contributed by atoms with Gasteiger partial charge >= 0.3 is 0 Å². The maximum atomic E-state index is 2.34. The topological polar surface area (TPSA) is 3.24 Å². The number of rotatable bonds is 1. The Hall–Kier alpha value is -0.460. The van der Waals surface area contributed by atoms with Crippen molar-refractivity contribution >= 4 is 0 Å². The minimum atomic E-state index is 1.16. The van der Waals surface area contributed by atoms with Crippen LogP contribution in [0.3, 0.4) is 0 Å². The van der Waals surface area contributed by atoms with Gasteiger partial charge in [0.25, 0.3) is 0 Å². The van der Waals surface area contributed by atoms with Crippen LogP contribution in [0.5, 0.6) is 0 Å². The Labute approximate surface area is 51.0 Å². The van der Waals surface area contributed by atoms with Gasteiger partial charge in [0.15, 0.2) is 0 Å². The van der Waals surface area contributed by atoms with Gasteiger partial charge in [-0.05, 0) is 26.5 Å². The number of hydrogen-bond donors (Lipinski definition) is 0. The second-order valence-corrected chi connectivity index (χ2v) is 2.35. The van der Waals surface area contributed by atoms with Crippen molar-refractivity contribution in [3.05, 3.63) is 11.8 Å². The third-order valence-electron chi connectivity index (χ3n) is 1.60. The molecule has 0 N–H and O–H groups in total. The van der Waals surface area contributed by atoms with Crippen molar-refractivity contribution in [2.75, 3.05) is 13.1 Å². The van der Waals surface area contributed by atoms with Gasteiger partial charge in [0.05, 0.1) is 0 Å². The third-order valence-corrected chi connectivity index (χ3v) is 1.60. The van der Waals surface area contributed by atoms with Crippen LogP contribution in [-0.4, -0.2) is 18.0 Å². The van der Waals surface area contributed by atoms with Crippen molar-refractivity contribution in [1.82, 2.24) is 4.90 Å². The van der Waals surface area contributed by atoms with E-state index >= 15 is 0 Å². The van der Waals surface area contributed by atoms with Gasteiger partial charge in [0.2, 0.25) is 0 Å². The molecule has 0 aromatic carbocycles. The summed E-state index contributed by atoms with van der Waals surface area (Å²) in [4.78, 5) is 2.34. The van der Waals surface area contributed by atoms with E-state index in [-0.39, 0.29) is 0 Å². The van der Waals surface area contributed by atoms with Crippen molar-refractivity contribution in [3.63, 3.8) is 0 Å². The van der Waals surface area contributed by atoms with Crippen molar-refractivity contribution in [1.29, 1.82) is 0 Å². The summed E-state index contributed by atoms with van der Waals surface area (Å²) in [5.74, 6) is 0. The van der Waals surface area contributed by atoms with E-state index in [1.165, 1.54) is 18.5 Å². The van der Waals surface area contributed by atoms with E-state index in [0.29, 0.717) is 0 Å². The van der Waals surface area contributed by atoms with Crippen LogP contribution in [0, 0.1) is 0 Å². The minimum Gasteiger partial charge on any atom is -0.377 e. The highest BCUT2D eigenvalue weighted by molar-refractivity contribution is 5.03. The molecule has 1 aliphatic rings. The van der Waals surface area contributed by atoms with Crippen LogP contribution in [0.2, 0.25) is 0 Å². The molecule has 46 valence electrons. The van der Waals surface area contributed by atoms with Crippen molar-refractivity contribution in [2.24, 2.45) is 0 Å². The van der Waals surface area contributed by atoms with E-state index in [1.807, 2.05) is 0 Å². The monoisotopic (exact) mass is 111 g/mol. The predicted molar refractivity (Wildman–Crippen MR) is 35.6 cm³/mol. The molecule has 0 unspecified atom stereocenters. The van der Waals surface area contributed by atoms with E-state index < -0.39 is 0 Å². The largest absolute Gasteiger partial charge is 0.377 e. The molecule has 0 bridgehead atoms. The lowest BCUT2D eigenvalue weighted by Gasteiger charge is -2.09. The first-order valence-corrected chi connectivity index (χ1v) is 3.24. The lowest BCUT2D eigenvalue weighted by Crippen LogP contribution is -2.12. The fourth-order valence-electron chi connectivity index (χ4n) is 1.01. The van der Waals surface area contributed by atoms with Gasteiger partial charge in [0, 0.05) is 13.1 Å². The molecule has 0 spiro atoms. The normalized spacial score (nSPS) is 19.2. The number of hydrogen-bond acceptors (Lipinski definition) is 1. The quantitative estimate of drug-likeness (QED) is 0.497. The average molecular weight is 111 g/mol. The number of nitrogens with zero attached hydrogens (tertiary/aromatic N) is 1. The second-order valence-electron chi connectivity index (χ2n) is 2.35. The highest BCUT2D eigenvalue weighted by Crippen LogP contribution is 2.11. The fourth-order valence-corrected chi connectivity index (χ4v) is 1.01. The lowest BCUT2D eigenvalue weighted by atomic mass is 10.3. The molecule has 0 fully saturated rings. The lowest BCUT2D eigenvalue weighted by molar-refractivity contribution is 0.429. The Kier molecular flexibility index (Phi) is 1.56. The summed E-state index contributed by atoms with van der Waals surface area (Å²) >= 11 is 0. The molecule has 1 aliphatic heterocycles. The molecule has 0 aliphatic carbocycles. The summed E-state index contributed by atoms with van der Waals surface area (Å²) in [5.41, 5.74) is 1.52. The second kappa shape index (κ2) is 2.21. The highest BCUT2D eigenvalue weighted by atomic mass is 15.1. The van der Waals surface area contributed by atoms with Crippen LogP contribution in [-0.2, 0) is 0 Å². The van der Waals surface area contributed by atoms with Gasteiger partial charge < -0.3 is 4.90 Å². The maximum Gasteiger partial charge on any atom is 0.0210 e. The predicted octanol–water partition coefficient (Wildman–Crippen LogP) is 1.62. The molecular formula is C7H13N. The van der Waals surface area contributed by atoms with Crippen molar-refractivity contribution in [3.8, 4) is 0 Å². The molecule has 1 heteroatoms. The van der Waals surface area contributed by atoms with Crippen molar-refractivity contribution < 1.29 is 0 Å². The first-order chi connectivity index (χ1) is 3.83. The summed E-state index contributed by atoms with van der Waals surface area (Å²) in [7, 11) is 0. The van der Waals surface area contributed by atoms with Crippen LogP contribution in [0.25, 0.3) is 0 Å². The first-order valence-electron chi connectivity index (χ1n) is 3.24. The molecule has 0 amide bonds. The van der Waals surface area contributed by atoms with Crippen LogP contribution in [0.4, 0.5) is 0 Å². The molecule has 8 heavy (non-hydrogen) atoms. The Morgan fingerprint density at radius 3 is 2.75 bits per heavy atom. The zero-order valence-corrected chi connectivity index (χ0v) is 5.65. The summed E-state index contributed by atoms with van der Waals surface area (Å²) in [6.07, 6.45) is 3.52. The summed E-state index contributed by atoms with van der Waals surface area (Å²) < 4.78 is 0. The first kappa shape index (κ1) is 5.67. The molecule has 0 atom stereocenters. The molecule has 0 radical (unpaired) electrons. The van der Waals surface area contributed by atoms with Crippen LogP contribution in [0.15, 0.2) is 11.8 Å². The SMILES string of the molecule is CCN1C=C(C)CC1. The van der Waals surface area contributed by atoms with Gasteiger partial charge in [-0.1, -0.05) is 5.57 Å². The van der Waals surface area contributed by atoms with Gasteiger partial charge in [-0.25, -0.2) is 0 Å². The Morgan fingerprint density at radius 2 is 2.50 bits per heavy atom. The fraction of sp³-hybridized carbons (Fsp3) is 0.714. The molecule has 0 saturated carbocycles. The third kappa shape index (κ3) is 1.03. The molecule has 1 rings (SSSR count). The van der Waals surface area contributed by atoms with Gasteiger partial charge in [-0.2, -0.15) is 0 Å².